The third-order valence-electron chi connectivity index (χ3n) is 2.29. The summed E-state index contributed by atoms with van der Waals surface area (Å²) in [6.45, 7) is 5.16. The Morgan fingerprint density at radius 1 is 1.42 bits per heavy atom. The van der Waals surface area contributed by atoms with E-state index in [9.17, 15) is 17.6 Å². The zero-order chi connectivity index (χ0) is 14.8. The first-order valence-corrected chi connectivity index (χ1v) is 7.85. The molecule has 0 spiro atoms. The molecule has 0 fully saturated rings. The first-order chi connectivity index (χ1) is 8.62. The van der Waals surface area contributed by atoms with Crippen LogP contribution in [0, 0.1) is 18.7 Å². The van der Waals surface area contributed by atoms with Crippen LogP contribution in [0.1, 0.15) is 29.8 Å². The summed E-state index contributed by atoms with van der Waals surface area (Å²) in [4.78, 5) is 11.4. The van der Waals surface area contributed by atoms with E-state index in [4.69, 9.17) is 15.4 Å². The van der Waals surface area contributed by atoms with Crippen molar-refractivity contribution in [3.05, 3.63) is 29.1 Å². The molecular weight excluding hydrogens is 295 g/mol. The Labute approximate surface area is 115 Å². The number of esters is 1. The zero-order valence-corrected chi connectivity index (χ0v) is 12.3. The molecule has 0 radical (unpaired) electrons. The molecule has 1 rings (SSSR count). The molecule has 0 heterocycles. The first kappa shape index (κ1) is 15.9. The van der Waals surface area contributed by atoms with Crippen molar-refractivity contribution in [1.29, 1.82) is 0 Å². The van der Waals surface area contributed by atoms with Crippen molar-refractivity contribution in [3.8, 4) is 0 Å². The molecule has 0 amide bonds. The third kappa shape index (κ3) is 4.18. The molecule has 0 aromatic heterocycles. The highest BCUT2D eigenvalue weighted by molar-refractivity contribution is 8.13. The van der Waals surface area contributed by atoms with Gasteiger partial charge in [0.15, 0.2) is 0 Å². The van der Waals surface area contributed by atoms with Crippen molar-refractivity contribution in [1.82, 2.24) is 0 Å². The van der Waals surface area contributed by atoms with Crippen LogP contribution in [0.2, 0.25) is 0 Å². The second-order valence-electron chi connectivity index (χ2n) is 4.53. The maximum atomic E-state index is 13.7. The fourth-order valence-electron chi connectivity index (χ4n) is 1.39. The van der Waals surface area contributed by atoms with Gasteiger partial charge in [-0.1, -0.05) is 13.8 Å². The van der Waals surface area contributed by atoms with Gasteiger partial charge in [-0.3, -0.25) is 0 Å². The lowest BCUT2D eigenvalue weighted by molar-refractivity contribution is 0.0453. The van der Waals surface area contributed by atoms with Gasteiger partial charge in [-0.15, -0.1) is 0 Å². The molecule has 1 aromatic rings. The molecule has 4 nitrogen and oxygen atoms in total. The highest BCUT2D eigenvalue weighted by Crippen LogP contribution is 2.23. The normalized spacial score (nSPS) is 11.7. The molecule has 0 saturated carbocycles. The summed E-state index contributed by atoms with van der Waals surface area (Å²) in [6.07, 6.45) is 0. The van der Waals surface area contributed by atoms with Crippen molar-refractivity contribution in [2.75, 3.05) is 6.61 Å². The van der Waals surface area contributed by atoms with E-state index in [0.717, 1.165) is 12.1 Å². The summed E-state index contributed by atoms with van der Waals surface area (Å²) in [6, 6.07) is 1.84. The lowest BCUT2D eigenvalue weighted by Gasteiger charge is -2.10. The van der Waals surface area contributed by atoms with E-state index >= 15 is 0 Å². The molecule has 19 heavy (non-hydrogen) atoms. The van der Waals surface area contributed by atoms with Crippen LogP contribution in [0.25, 0.3) is 0 Å². The summed E-state index contributed by atoms with van der Waals surface area (Å²) < 4.78 is 41.1. The number of benzene rings is 1. The van der Waals surface area contributed by atoms with Crippen LogP contribution in [0.4, 0.5) is 4.39 Å². The topological polar surface area (TPSA) is 60.4 Å². The minimum Gasteiger partial charge on any atom is -0.462 e. The first-order valence-electron chi connectivity index (χ1n) is 5.55. The number of ether oxygens (including phenoxy) is 1. The second kappa shape index (κ2) is 5.88. The molecular formula is C12H14ClFO4S. The minimum atomic E-state index is -4.04. The lowest BCUT2D eigenvalue weighted by atomic mass is 10.1. The maximum Gasteiger partial charge on any atom is 0.341 e. The molecule has 0 bridgehead atoms. The van der Waals surface area contributed by atoms with Gasteiger partial charge < -0.3 is 4.74 Å². The van der Waals surface area contributed by atoms with Gasteiger partial charge in [-0.25, -0.2) is 17.6 Å². The predicted octanol–water partition coefficient (Wildman–Crippen LogP) is 2.87. The molecule has 0 aliphatic rings. The fraction of sp³-hybridized carbons (Fsp3) is 0.417. The standard InChI is InChI=1S/C12H14ClFO4S/c1-7(2)6-18-12(15)9-5-11(19(13,16)17)8(3)4-10(9)14/h4-5,7H,6H2,1-3H3. The number of rotatable bonds is 4. The number of halogens is 2. The number of hydrogen-bond donors (Lipinski definition) is 0. The molecule has 0 atom stereocenters. The van der Waals surface area contributed by atoms with Crippen LogP contribution >= 0.6 is 10.7 Å². The second-order valence-corrected chi connectivity index (χ2v) is 7.06. The molecule has 106 valence electrons. The van der Waals surface area contributed by atoms with Gasteiger partial charge >= 0.3 is 5.97 Å². The van der Waals surface area contributed by atoms with E-state index in [1.54, 1.807) is 0 Å². The average molecular weight is 309 g/mol. The highest BCUT2D eigenvalue weighted by Gasteiger charge is 2.21. The van der Waals surface area contributed by atoms with E-state index in [0.29, 0.717) is 0 Å². The Morgan fingerprint density at radius 2 is 2.00 bits per heavy atom. The van der Waals surface area contributed by atoms with Crippen molar-refractivity contribution in [2.24, 2.45) is 5.92 Å². The Hall–Kier alpha value is -1.14. The quantitative estimate of drug-likeness (QED) is 0.634. The van der Waals surface area contributed by atoms with Gasteiger partial charge in [-0.2, -0.15) is 0 Å². The summed E-state index contributed by atoms with van der Waals surface area (Å²) >= 11 is 0. The van der Waals surface area contributed by atoms with Crippen LogP contribution in [-0.2, 0) is 13.8 Å². The molecule has 0 saturated heterocycles. The Morgan fingerprint density at radius 3 is 2.47 bits per heavy atom. The smallest absolute Gasteiger partial charge is 0.341 e. The fourth-order valence-corrected chi connectivity index (χ4v) is 2.59. The van der Waals surface area contributed by atoms with Gasteiger partial charge in [0.2, 0.25) is 0 Å². The largest absolute Gasteiger partial charge is 0.462 e. The van der Waals surface area contributed by atoms with E-state index in [-0.39, 0.29) is 23.0 Å². The van der Waals surface area contributed by atoms with Crippen LogP contribution in [-0.4, -0.2) is 21.0 Å². The SMILES string of the molecule is Cc1cc(F)c(C(=O)OCC(C)C)cc1S(=O)(=O)Cl. The van der Waals surface area contributed by atoms with E-state index in [2.05, 4.69) is 0 Å². The monoisotopic (exact) mass is 308 g/mol. The van der Waals surface area contributed by atoms with Crippen LogP contribution in [0.3, 0.4) is 0 Å². The predicted molar refractivity (Wildman–Crippen MR) is 69.3 cm³/mol. The van der Waals surface area contributed by atoms with E-state index in [1.165, 1.54) is 6.92 Å². The number of aryl methyl sites for hydroxylation is 1. The summed E-state index contributed by atoms with van der Waals surface area (Å²) in [5.41, 5.74) is -0.307. The summed E-state index contributed by atoms with van der Waals surface area (Å²) in [7, 11) is 1.18. The summed E-state index contributed by atoms with van der Waals surface area (Å²) in [5.74, 6) is -1.66. The third-order valence-corrected chi connectivity index (χ3v) is 3.76. The molecule has 0 aliphatic heterocycles. The van der Waals surface area contributed by atoms with Crippen LogP contribution < -0.4 is 0 Å². The van der Waals surface area contributed by atoms with Gasteiger partial charge in [0, 0.05) is 10.7 Å². The van der Waals surface area contributed by atoms with E-state index < -0.39 is 26.4 Å². The Kier molecular flexibility index (Phi) is 4.92. The van der Waals surface area contributed by atoms with Crippen LogP contribution in [0.15, 0.2) is 17.0 Å². The molecule has 0 aliphatic carbocycles. The molecule has 0 unspecified atom stereocenters. The van der Waals surface area contributed by atoms with Crippen molar-refractivity contribution < 1.29 is 22.3 Å². The molecule has 0 N–H and O–H groups in total. The maximum absolute atomic E-state index is 13.7. The van der Waals surface area contributed by atoms with Crippen molar-refractivity contribution >= 4 is 25.7 Å². The average Bonchev–Trinajstić information content (AvgIpc) is 2.24. The van der Waals surface area contributed by atoms with Crippen molar-refractivity contribution in [2.45, 2.75) is 25.7 Å². The van der Waals surface area contributed by atoms with Crippen LogP contribution in [0.5, 0.6) is 0 Å². The van der Waals surface area contributed by atoms with Gasteiger partial charge in [0.1, 0.15) is 5.82 Å². The lowest BCUT2D eigenvalue weighted by Crippen LogP contribution is -2.13. The number of carbonyl (C=O) groups is 1. The Bertz CT molecular complexity index is 596. The zero-order valence-electron chi connectivity index (χ0n) is 10.7. The summed E-state index contributed by atoms with van der Waals surface area (Å²) in [5, 5.41) is 0. The highest BCUT2D eigenvalue weighted by atomic mass is 35.7. The van der Waals surface area contributed by atoms with Gasteiger partial charge in [0.05, 0.1) is 17.1 Å². The molecule has 7 heteroatoms. The minimum absolute atomic E-state index is 0.0914. The number of hydrogen-bond acceptors (Lipinski definition) is 4. The van der Waals surface area contributed by atoms with E-state index in [1.807, 2.05) is 13.8 Å². The molecule has 1 aromatic carbocycles. The van der Waals surface area contributed by atoms with Crippen molar-refractivity contribution in [3.63, 3.8) is 0 Å². The van der Waals surface area contributed by atoms with Gasteiger partial charge in [-0.05, 0) is 30.5 Å². The number of carbonyl (C=O) groups excluding carboxylic acids is 1. The Balaban J connectivity index is 3.19. The van der Waals surface area contributed by atoms with Gasteiger partial charge in [0.25, 0.3) is 9.05 Å².